The number of hydrogen-bond donors (Lipinski definition) is 1. The van der Waals surface area contributed by atoms with Crippen molar-refractivity contribution in [2.24, 2.45) is 5.73 Å². The highest BCUT2D eigenvalue weighted by Gasteiger charge is 2.33. The predicted octanol–water partition coefficient (Wildman–Crippen LogP) is 1.50. The first-order chi connectivity index (χ1) is 11.3. The van der Waals surface area contributed by atoms with Gasteiger partial charge in [-0.1, -0.05) is 6.07 Å². The molecule has 9 heteroatoms. The molecule has 3 rings (SSSR count). The molecular weight excluding hydrogens is 364 g/mol. The van der Waals surface area contributed by atoms with Crippen LogP contribution >= 0.6 is 12.4 Å². The van der Waals surface area contributed by atoms with E-state index >= 15 is 0 Å². The summed E-state index contributed by atoms with van der Waals surface area (Å²) in [4.78, 5) is 19.0. The minimum absolute atomic E-state index is 0. The van der Waals surface area contributed by atoms with Crippen LogP contribution < -0.4 is 5.73 Å². The van der Waals surface area contributed by atoms with E-state index in [1.165, 1.54) is 4.40 Å². The fourth-order valence-corrected chi connectivity index (χ4v) is 4.09. The number of piperidine rings is 1. The molecule has 3 heterocycles. The van der Waals surface area contributed by atoms with Gasteiger partial charge in [0.2, 0.25) is 15.0 Å². The van der Waals surface area contributed by atoms with Crippen molar-refractivity contribution < 1.29 is 13.2 Å². The number of imidazole rings is 1. The van der Waals surface area contributed by atoms with Crippen molar-refractivity contribution >= 4 is 33.7 Å². The smallest absolute Gasteiger partial charge is 0.275 e. The second-order valence-electron chi connectivity index (χ2n) is 6.39. The Hall–Kier alpha value is -1.64. The van der Waals surface area contributed by atoms with Crippen LogP contribution in [0.1, 0.15) is 36.7 Å². The standard InChI is InChI=1S/C16H22N4O3S.ClH/c1-11(17)12-7-3-5-9-19(12)15(21)14-13-8-4-6-10-20(13)16(18-14)24(2,22)23;/h4,6,8,10-12H,3,5,7,9,17H2,1-2H3;1H. The summed E-state index contributed by atoms with van der Waals surface area (Å²) in [5, 5.41) is -0.115. The Balaban J connectivity index is 0.00000225. The molecule has 1 fully saturated rings. The molecule has 25 heavy (non-hydrogen) atoms. The number of likely N-dealkylation sites (tertiary alicyclic amines) is 1. The van der Waals surface area contributed by atoms with Gasteiger partial charge >= 0.3 is 0 Å². The number of amides is 1. The summed E-state index contributed by atoms with van der Waals surface area (Å²) < 4.78 is 25.5. The fraction of sp³-hybridized carbons (Fsp3) is 0.500. The van der Waals surface area contributed by atoms with Gasteiger partial charge in [0, 0.05) is 31.1 Å². The average molecular weight is 387 g/mol. The van der Waals surface area contributed by atoms with Crippen molar-refractivity contribution in [3.05, 3.63) is 30.1 Å². The van der Waals surface area contributed by atoms with Crippen LogP contribution in [0.4, 0.5) is 0 Å². The van der Waals surface area contributed by atoms with Gasteiger partial charge in [-0.05, 0) is 38.3 Å². The molecule has 0 radical (unpaired) electrons. The van der Waals surface area contributed by atoms with E-state index in [4.69, 9.17) is 5.73 Å². The number of nitrogens with zero attached hydrogens (tertiary/aromatic N) is 3. The predicted molar refractivity (Wildman–Crippen MR) is 97.9 cm³/mol. The molecule has 2 N–H and O–H groups in total. The lowest BCUT2D eigenvalue weighted by Gasteiger charge is -2.37. The molecule has 1 saturated heterocycles. The van der Waals surface area contributed by atoms with Crippen molar-refractivity contribution in [3.63, 3.8) is 0 Å². The quantitative estimate of drug-likeness (QED) is 0.861. The van der Waals surface area contributed by atoms with Gasteiger partial charge in [0.15, 0.2) is 5.69 Å². The van der Waals surface area contributed by atoms with Gasteiger partial charge in [0.1, 0.15) is 0 Å². The lowest BCUT2D eigenvalue weighted by molar-refractivity contribution is 0.0580. The molecule has 2 aromatic rings. The summed E-state index contributed by atoms with van der Waals surface area (Å²) >= 11 is 0. The molecule has 2 aromatic heterocycles. The third kappa shape index (κ3) is 3.65. The summed E-state index contributed by atoms with van der Waals surface area (Å²) in [5.41, 5.74) is 6.71. The number of carbonyl (C=O) groups is 1. The highest BCUT2D eigenvalue weighted by atomic mass is 35.5. The number of hydrogen-bond acceptors (Lipinski definition) is 5. The van der Waals surface area contributed by atoms with E-state index in [0.717, 1.165) is 25.5 Å². The van der Waals surface area contributed by atoms with E-state index in [2.05, 4.69) is 4.98 Å². The van der Waals surface area contributed by atoms with Gasteiger partial charge in [-0.3, -0.25) is 9.20 Å². The molecule has 2 atom stereocenters. The van der Waals surface area contributed by atoms with Gasteiger partial charge in [-0.2, -0.15) is 0 Å². The van der Waals surface area contributed by atoms with Crippen molar-refractivity contribution in [2.45, 2.75) is 43.4 Å². The molecule has 0 aromatic carbocycles. The van der Waals surface area contributed by atoms with E-state index < -0.39 is 9.84 Å². The summed E-state index contributed by atoms with van der Waals surface area (Å²) in [5.74, 6) is -0.254. The Morgan fingerprint density at radius 1 is 1.36 bits per heavy atom. The largest absolute Gasteiger partial charge is 0.333 e. The van der Waals surface area contributed by atoms with Crippen LogP contribution in [0.3, 0.4) is 0 Å². The lowest BCUT2D eigenvalue weighted by Crippen LogP contribution is -2.51. The Kier molecular flexibility index (Phi) is 5.75. The van der Waals surface area contributed by atoms with Gasteiger partial charge in [-0.25, -0.2) is 13.4 Å². The molecule has 0 spiro atoms. The van der Waals surface area contributed by atoms with E-state index in [-0.39, 0.29) is 41.2 Å². The number of halogens is 1. The van der Waals surface area contributed by atoms with Gasteiger partial charge < -0.3 is 10.6 Å². The zero-order valence-corrected chi connectivity index (χ0v) is 15.9. The highest BCUT2D eigenvalue weighted by Crippen LogP contribution is 2.24. The highest BCUT2D eigenvalue weighted by molar-refractivity contribution is 7.90. The number of nitrogens with two attached hydrogens (primary N) is 1. The van der Waals surface area contributed by atoms with E-state index in [9.17, 15) is 13.2 Å². The zero-order valence-electron chi connectivity index (χ0n) is 14.3. The van der Waals surface area contributed by atoms with Crippen molar-refractivity contribution in [2.75, 3.05) is 12.8 Å². The minimum atomic E-state index is -3.55. The van der Waals surface area contributed by atoms with Crippen LogP contribution in [0.15, 0.2) is 29.6 Å². The molecule has 1 aliphatic heterocycles. The monoisotopic (exact) mass is 386 g/mol. The third-order valence-electron chi connectivity index (χ3n) is 4.47. The second kappa shape index (κ2) is 7.31. The van der Waals surface area contributed by atoms with Crippen molar-refractivity contribution in [1.29, 1.82) is 0 Å². The first-order valence-electron chi connectivity index (χ1n) is 8.04. The first kappa shape index (κ1) is 19.7. The summed E-state index contributed by atoms with van der Waals surface area (Å²) in [6.07, 6.45) is 5.51. The van der Waals surface area contributed by atoms with E-state index in [1.807, 2.05) is 6.92 Å². The molecule has 1 aliphatic rings. The zero-order chi connectivity index (χ0) is 17.5. The first-order valence-corrected chi connectivity index (χ1v) is 9.93. The van der Waals surface area contributed by atoms with Crippen molar-refractivity contribution in [1.82, 2.24) is 14.3 Å². The Bertz CT molecular complexity index is 879. The van der Waals surface area contributed by atoms with Crippen LogP contribution in [0.25, 0.3) is 5.52 Å². The molecule has 2 unspecified atom stereocenters. The molecule has 7 nitrogen and oxygen atoms in total. The number of sulfone groups is 1. The van der Waals surface area contributed by atoms with Crippen molar-refractivity contribution in [3.8, 4) is 0 Å². The van der Waals surface area contributed by atoms with Gasteiger partial charge in [0.05, 0.1) is 5.52 Å². The number of rotatable bonds is 3. The third-order valence-corrected chi connectivity index (χ3v) is 5.42. The molecule has 138 valence electrons. The molecular formula is C16H23ClN4O3S. The maximum absolute atomic E-state index is 13.1. The average Bonchev–Trinajstić information content (AvgIpc) is 2.94. The van der Waals surface area contributed by atoms with Gasteiger partial charge in [0.25, 0.3) is 5.91 Å². The Morgan fingerprint density at radius 3 is 2.72 bits per heavy atom. The lowest BCUT2D eigenvalue weighted by atomic mass is 9.96. The number of aromatic nitrogens is 2. The summed E-state index contributed by atoms with van der Waals surface area (Å²) in [7, 11) is -3.55. The Labute approximate surface area is 153 Å². The van der Waals surface area contributed by atoms with E-state index in [0.29, 0.717) is 12.1 Å². The molecule has 0 aliphatic carbocycles. The normalized spacial score (nSPS) is 19.5. The molecule has 0 saturated carbocycles. The maximum atomic E-state index is 13.1. The number of carbonyl (C=O) groups excluding carboxylic acids is 1. The van der Waals surface area contributed by atoms with Crippen LogP contribution in [-0.4, -0.2) is 53.5 Å². The number of fused-ring (bicyclic) bond motifs is 1. The van der Waals surface area contributed by atoms with E-state index in [1.54, 1.807) is 29.3 Å². The second-order valence-corrected chi connectivity index (χ2v) is 8.30. The topological polar surface area (TPSA) is 97.8 Å². The van der Waals surface area contributed by atoms with Crippen LogP contribution in [0, 0.1) is 0 Å². The molecule has 1 amide bonds. The number of pyridine rings is 1. The maximum Gasteiger partial charge on any atom is 0.275 e. The van der Waals surface area contributed by atoms with Crippen LogP contribution in [0.2, 0.25) is 0 Å². The molecule has 0 bridgehead atoms. The fourth-order valence-electron chi connectivity index (χ4n) is 3.32. The summed E-state index contributed by atoms with van der Waals surface area (Å²) in [6.45, 7) is 2.51. The van der Waals surface area contributed by atoms with Gasteiger partial charge in [-0.15, -0.1) is 12.4 Å². The minimum Gasteiger partial charge on any atom is -0.333 e. The van der Waals surface area contributed by atoms with Crippen LogP contribution in [0.5, 0.6) is 0 Å². The Morgan fingerprint density at radius 2 is 2.08 bits per heavy atom. The van der Waals surface area contributed by atoms with Crippen LogP contribution in [-0.2, 0) is 9.84 Å². The summed E-state index contributed by atoms with van der Waals surface area (Å²) in [6, 6.07) is 4.99. The SMILES string of the molecule is CC(N)C1CCCCN1C(=O)c1nc(S(C)(=O)=O)n2ccccc12.Cl.